The molecule has 2 rings (SSSR count). The van der Waals surface area contributed by atoms with Crippen LogP contribution in [0, 0.1) is 13.8 Å². The summed E-state index contributed by atoms with van der Waals surface area (Å²) in [5.74, 6) is 0.0748. The maximum atomic E-state index is 12.7. The molecule has 0 spiro atoms. The molecule has 1 aromatic rings. The number of amides is 1. The molecule has 1 fully saturated rings. The molecule has 1 aromatic carbocycles. The zero-order valence-corrected chi connectivity index (χ0v) is 14.1. The van der Waals surface area contributed by atoms with Gasteiger partial charge >= 0.3 is 0 Å². The van der Waals surface area contributed by atoms with Crippen LogP contribution >= 0.6 is 0 Å². The van der Waals surface area contributed by atoms with Gasteiger partial charge in [0.2, 0.25) is 5.91 Å². The van der Waals surface area contributed by atoms with E-state index in [1.165, 1.54) is 0 Å². The van der Waals surface area contributed by atoms with E-state index in [1.807, 2.05) is 44.2 Å². The van der Waals surface area contributed by atoms with Gasteiger partial charge in [-0.1, -0.05) is 18.2 Å². The van der Waals surface area contributed by atoms with Crippen molar-refractivity contribution in [2.24, 2.45) is 5.73 Å². The average molecular weight is 305 g/mol. The van der Waals surface area contributed by atoms with E-state index in [4.69, 9.17) is 10.6 Å². The third-order valence-corrected chi connectivity index (χ3v) is 4.86. The van der Waals surface area contributed by atoms with E-state index in [1.54, 1.807) is 12.0 Å². The van der Waals surface area contributed by atoms with Gasteiger partial charge in [0.05, 0.1) is 19.2 Å². The van der Waals surface area contributed by atoms with Crippen molar-refractivity contribution in [1.82, 2.24) is 9.96 Å². The molecule has 1 saturated heterocycles. The summed E-state index contributed by atoms with van der Waals surface area (Å²) >= 11 is 0. The number of hydrogen-bond acceptors (Lipinski definition) is 4. The first-order valence-electron chi connectivity index (χ1n) is 7.77. The molecule has 0 atom stereocenters. The van der Waals surface area contributed by atoms with Gasteiger partial charge in [-0.3, -0.25) is 4.79 Å². The SMILES string of the molecule is CON1CCC(N)(N(C)C(=O)Cc2c(C)cccc2C)CC1. The zero-order chi connectivity index (χ0) is 16.3. The highest BCUT2D eigenvalue weighted by molar-refractivity contribution is 5.80. The van der Waals surface area contributed by atoms with Crippen molar-refractivity contribution < 1.29 is 9.63 Å². The van der Waals surface area contributed by atoms with Crippen LogP contribution in [0.3, 0.4) is 0 Å². The van der Waals surface area contributed by atoms with Crippen LogP contribution in [0.2, 0.25) is 0 Å². The zero-order valence-electron chi connectivity index (χ0n) is 14.1. The van der Waals surface area contributed by atoms with Crippen LogP contribution in [0.5, 0.6) is 0 Å². The molecule has 22 heavy (non-hydrogen) atoms. The molecule has 5 nitrogen and oxygen atoms in total. The molecule has 2 N–H and O–H groups in total. The molecular weight excluding hydrogens is 278 g/mol. The number of benzene rings is 1. The maximum absolute atomic E-state index is 12.7. The van der Waals surface area contributed by atoms with Gasteiger partial charge in [-0.15, -0.1) is 0 Å². The summed E-state index contributed by atoms with van der Waals surface area (Å²) in [4.78, 5) is 19.6. The van der Waals surface area contributed by atoms with E-state index in [9.17, 15) is 4.79 Å². The van der Waals surface area contributed by atoms with Gasteiger partial charge in [-0.2, -0.15) is 5.06 Å². The second kappa shape index (κ2) is 6.77. The maximum Gasteiger partial charge on any atom is 0.228 e. The largest absolute Gasteiger partial charge is 0.327 e. The van der Waals surface area contributed by atoms with E-state index in [0.29, 0.717) is 6.42 Å². The lowest BCUT2D eigenvalue weighted by molar-refractivity contribution is -0.166. The van der Waals surface area contributed by atoms with Crippen LogP contribution in [0.15, 0.2) is 18.2 Å². The Hall–Kier alpha value is -1.43. The number of likely N-dealkylation sites (N-methyl/N-ethyl adjacent to an activating group) is 1. The molecule has 0 unspecified atom stereocenters. The number of piperidine rings is 1. The van der Waals surface area contributed by atoms with Crippen molar-refractivity contribution in [3.63, 3.8) is 0 Å². The number of nitrogens with two attached hydrogens (primary N) is 1. The molecule has 5 heteroatoms. The third-order valence-electron chi connectivity index (χ3n) is 4.86. The Morgan fingerprint density at radius 2 is 1.86 bits per heavy atom. The second-order valence-corrected chi connectivity index (χ2v) is 6.22. The predicted octanol–water partition coefficient (Wildman–Crippen LogP) is 1.62. The number of hydroxylamine groups is 2. The van der Waals surface area contributed by atoms with Crippen molar-refractivity contribution in [2.45, 2.75) is 38.8 Å². The molecule has 0 aliphatic carbocycles. The van der Waals surface area contributed by atoms with Crippen LogP contribution in [0.25, 0.3) is 0 Å². The molecular formula is C17H27N3O2. The molecule has 0 radical (unpaired) electrons. The fourth-order valence-corrected chi connectivity index (χ4v) is 3.04. The molecule has 122 valence electrons. The Morgan fingerprint density at radius 1 is 1.32 bits per heavy atom. The Labute approximate surface area is 133 Å². The van der Waals surface area contributed by atoms with Gasteiger partial charge in [0.15, 0.2) is 0 Å². The Kier molecular flexibility index (Phi) is 5.21. The lowest BCUT2D eigenvalue weighted by atomic mass is 9.95. The molecule has 1 aliphatic rings. The van der Waals surface area contributed by atoms with Crippen molar-refractivity contribution in [3.8, 4) is 0 Å². The van der Waals surface area contributed by atoms with Crippen molar-refractivity contribution in [2.75, 3.05) is 27.2 Å². The summed E-state index contributed by atoms with van der Waals surface area (Å²) in [6.07, 6.45) is 1.84. The van der Waals surface area contributed by atoms with Crippen LogP contribution in [0.4, 0.5) is 0 Å². The first-order valence-corrected chi connectivity index (χ1v) is 7.77. The fraction of sp³-hybridized carbons (Fsp3) is 0.588. The molecule has 1 aliphatic heterocycles. The molecule has 0 bridgehead atoms. The highest BCUT2D eigenvalue weighted by atomic mass is 16.7. The Balaban J connectivity index is 2.06. The first-order chi connectivity index (χ1) is 10.4. The topological polar surface area (TPSA) is 58.8 Å². The highest BCUT2D eigenvalue weighted by Gasteiger charge is 2.37. The quantitative estimate of drug-likeness (QED) is 0.859. The standard InChI is InChI=1S/C17H27N3O2/c1-13-6-5-7-14(2)15(13)12-16(21)19(3)17(18)8-10-20(22-4)11-9-17/h5-7H,8-12,18H2,1-4H3. The van der Waals surface area contributed by atoms with Gasteiger partial charge in [0, 0.05) is 20.1 Å². The van der Waals surface area contributed by atoms with Gasteiger partial charge in [0.1, 0.15) is 0 Å². The summed E-state index contributed by atoms with van der Waals surface area (Å²) in [5.41, 5.74) is 9.31. The summed E-state index contributed by atoms with van der Waals surface area (Å²) in [5, 5.41) is 1.88. The van der Waals surface area contributed by atoms with Crippen molar-refractivity contribution in [1.29, 1.82) is 0 Å². The highest BCUT2D eigenvalue weighted by Crippen LogP contribution is 2.24. The molecule has 0 aromatic heterocycles. The number of rotatable bonds is 4. The van der Waals surface area contributed by atoms with Crippen LogP contribution in [0.1, 0.15) is 29.5 Å². The minimum absolute atomic E-state index is 0.0748. The third kappa shape index (κ3) is 3.48. The normalized spacial score (nSPS) is 18.2. The molecule has 1 heterocycles. The second-order valence-electron chi connectivity index (χ2n) is 6.22. The van der Waals surface area contributed by atoms with Crippen molar-refractivity contribution >= 4 is 5.91 Å². The number of carbonyl (C=O) groups excluding carboxylic acids is 1. The minimum Gasteiger partial charge on any atom is -0.327 e. The summed E-state index contributed by atoms with van der Waals surface area (Å²) in [7, 11) is 3.48. The fourth-order valence-electron chi connectivity index (χ4n) is 3.04. The Morgan fingerprint density at radius 3 is 2.36 bits per heavy atom. The summed E-state index contributed by atoms with van der Waals surface area (Å²) < 4.78 is 0. The van der Waals surface area contributed by atoms with Gasteiger partial charge in [0.25, 0.3) is 0 Å². The van der Waals surface area contributed by atoms with Gasteiger partial charge in [-0.05, 0) is 43.4 Å². The smallest absolute Gasteiger partial charge is 0.228 e. The Bertz CT molecular complexity index is 516. The number of aryl methyl sites for hydroxylation is 2. The van der Waals surface area contributed by atoms with E-state index >= 15 is 0 Å². The number of carbonyl (C=O) groups is 1. The lowest BCUT2D eigenvalue weighted by Gasteiger charge is -2.44. The van der Waals surface area contributed by atoms with Crippen LogP contribution < -0.4 is 5.73 Å². The monoisotopic (exact) mass is 305 g/mol. The lowest BCUT2D eigenvalue weighted by Crippen LogP contribution is -2.61. The van der Waals surface area contributed by atoms with Crippen LogP contribution in [-0.4, -0.2) is 48.8 Å². The van der Waals surface area contributed by atoms with E-state index in [-0.39, 0.29) is 5.91 Å². The molecule has 0 saturated carbocycles. The van der Waals surface area contributed by atoms with E-state index < -0.39 is 5.66 Å². The van der Waals surface area contributed by atoms with E-state index in [0.717, 1.165) is 42.6 Å². The summed E-state index contributed by atoms with van der Waals surface area (Å²) in [6, 6.07) is 6.11. The first kappa shape index (κ1) is 16.9. The average Bonchev–Trinajstić information content (AvgIpc) is 2.51. The minimum atomic E-state index is -0.581. The van der Waals surface area contributed by atoms with Crippen molar-refractivity contribution in [3.05, 3.63) is 34.9 Å². The number of hydrogen-bond donors (Lipinski definition) is 1. The number of nitrogens with zero attached hydrogens (tertiary/aromatic N) is 2. The van der Waals surface area contributed by atoms with Gasteiger partial charge < -0.3 is 15.5 Å². The van der Waals surface area contributed by atoms with Gasteiger partial charge in [-0.25, -0.2) is 0 Å². The predicted molar refractivity (Wildman–Crippen MR) is 87.1 cm³/mol. The van der Waals surface area contributed by atoms with E-state index in [2.05, 4.69) is 0 Å². The van der Waals surface area contributed by atoms with Crippen LogP contribution in [-0.2, 0) is 16.1 Å². The summed E-state index contributed by atoms with van der Waals surface area (Å²) in [6.45, 7) is 5.58. The molecule has 1 amide bonds.